The van der Waals surface area contributed by atoms with E-state index in [1.54, 1.807) is 56.0 Å². The highest BCUT2D eigenvalue weighted by Crippen LogP contribution is 2.32. The molecule has 0 bridgehead atoms. The maximum atomic E-state index is 13.7. The van der Waals surface area contributed by atoms with Crippen LogP contribution in [0.3, 0.4) is 0 Å². The molecule has 2 aromatic heterocycles. The van der Waals surface area contributed by atoms with Gasteiger partial charge in [0.05, 0.1) is 18.0 Å². The van der Waals surface area contributed by atoms with Crippen molar-refractivity contribution in [3.8, 4) is 17.5 Å². The molecule has 2 aliphatic heterocycles. The number of sulfonamides is 1. The van der Waals surface area contributed by atoms with Crippen molar-refractivity contribution in [3.05, 3.63) is 60.0 Å². The molecule has 0 aliphatic carbocycles. The van der Waals surface area contributed by atoms with E-state index in [1.165, 1.54) is 0 Å². The topological polar surface area (TPSA) is 107 Å². The maximum Gasteiger partial charge on any atom is 0.318 e. The lowest BCUT2D eigenvalue weighted by Gasteiger charge is -2.33. The molecule has 2 fully saturated rings. The Bertz CT molecular complexity index is 1360. The summed E-state index contributed by atoms with van der Waals surface area (Å²) in [4.78, 5) is 15.5. The van der Waals surface area contributed by atoms with Crippen molar-refractivity contribution in [3.63, 3.8) is 0 Å². The Labute approximate surface area is 230 Å². The number of aromatic nitrogens is 3. The summed E-state index contributed by atoms with van der Waals surface area (Å²) >= 11 is 0. The number of methoxy groups -OCH3 is 1. The van der Waals surface area contributed by atoms with E-state index in [0.717, 1.165) is 50.3 Å². The van der Waals surface area contributed by atoms with Crippen LogP contribution in [-0.2, 0) is 10.0 Å². The standard InChI is InChI=1S/C28H35N5O5S/c1-20-17-25(36-3)18-21(2)27(20)39(34,35)33-14-4-5-22(33)19-37-28-30-13-8-26(31-28)32-15-9-24(10-16-32)38-23-6-11-29-12-7-23/h6-8,11-13,17-18,22,24H,4-5,9-10,14-16,19H2,1-3H3/t22-/m0/s1. The van der Waals surface area contributed by atoms with Gasteiger partial charge in [0.25, 0.3) is 0 Å². The van der Waals surface area contributed by atoms with Crippen LogP contribution in [-0.4, -0.2) is 73.2 Å². The summed E-state index contributed by atoms with van der Waals surface area (Å²) in [6.45, 7) is 5.87. The summed E-state index contributed by atoms with van der Waals surface area (Å²) in [5.74, 6) is 2.27. The van der Waals surface area contributed by atoms with Crippen molar-refractivity contribution in [1.29, 1.82) is 0 Å². The third kappa shape index (κ3) is 6.09. The number of aryl methyl sites for hydroxylation is 2. The Morgan fingerprint density at radius 1 is 0.949 bits per heavy atom. The lowest BCUT2D eigenvalue weighted by molar-refractivity contribution is 0.170. The van der Waals surface area contributed by atoms with E-state index in [-0.39, 0.29) is 24.8 Å². The fourth-order valence-electron chi connectivity index (χ4n) is 5.40. The summed E-state index contributed by atoms with van der Waals surface area (Å²) < 4.78 is 46.3. The van der Waals surface area contributed by atoms with E-state index >= 15 is 0 Å². The van der Waals surface area contributed by atoms with Gasteiger partial charge in [-0.05, 0) is 68.1 Å². The number of pyridine rings is 1. The number of hydrogen-bond donors (Lipinski definition) is 0. The second kappa shape index (κ2) is 11.7. The molecular weight excluding hydrogens is 518 g/mol. The average molecular weight is 554 g/mol. The predicted molar refractivity (Wildman–Crippen MR) is 147 cm³/mol. The lowest BCUT2D eigenvalue weighted by atomic mass is 10.1. The molecule has 0 spiro atoms. The first-order valence-corrected chi connectivity index (χ1v) is 14.7. The Morgan fingerprint density at radius 3 is 2.36 bits per heavy atom. The van der Waals surface area contributed by atoms with Gasteiger partial charge in [-0.3, -0.25) is 4.98 Å². The molecule has 3 aromatic rings. The van der Waals surface area contributed by atoms with Gasteiger partial charge in [0, 0.05) is 51.1 Å². The van der Waals surface area contributed by atoms with Crippen molar-refractivity contribution < 1.29 is 22.6 Å². The zero-order valence-electron chi connectivity index (χ0n) is 22.6. The van der Waals surface area contributed by atoms with Gasteiger partial charge >= 0.3 is 6.01 Å². The number of piperidine rings is 1. The van der Waals surface area contributed by atoms with Gasteiger partial charge in [0.15, 0.2) is 0 Å². The summed E-state index contributed by atoms with van der Waals surface area (Å²) in [6, 6.07) is 9.10. The Kier molecular flexibility index (Phi) is 8.18. The van der Waals surface area contributed by atoms with Gasteiger partial charge in [-0.15, -0.1) is 0 Å². The summed E-state index contributed by atoms with van der Waals surface area (Å²) in [6.07, 6.45) is 8.54. The van der Waals surface area contributed by atoms with Gasteiger partial charge in [-0.2, -0.15) is 9.29 Å². The highest BCUT2D eigenvalue weighted by atomic mass is 32.2. The van der Waals surface area contributed by atoms with Gasteiger partial charge in [0.1, 0.15) is 30.0 Å². The summed E-state index contributed by atoms with van der Waals surface area (Å²) in [7, 11) is -2.12. The van der Waals surface area contributed by atoms with E-state index in [0.29, 0.717) is 28.3 Å². The highest BCUT2D eigenvalue weighted by Gasteiger charge is 2.37. The Hall–Kier alpha value is -3.44. The number of ether oxygens (including phenoxy) is 3. The van der Waals surface area contributed by atoms with Crippen LogP contribution in [0.5, 0.6) is 17.5 Å². The van der Waals surface area contributed by atoms with Crippen molar-refractivity contribution in [1.82, 2.24) is 19.3 Å². The molecule has 2 aliphatic rings. The van der Waals surface area contributed by atoms with Crippen LogP contribution in [0.2, 0.25) is 0 Å². The van der Waals surface area contributed by atoms with Crippen LogP contribution < -0.4 is 19.1 Å². The second-order valence-electron chi connectivity index (χ2n) is 10.00. The first-order chi connectivity index (χ1) is 18.8. The lowest BCUT2D eigenvalue weighted by Crippen LogP contribution is -2.40. The number of benzene rings is 1. The first kappa shape index (κ1) is 27.1. The van der Waals surface area contributed by atoms with Crippen LogP contribution in [0.4, 0.5) is 5.82 Å². The molecule has 11 heteroatoms. The minimum atomic E-state index is -3.70. The normalized spacial score (nSPS) is 18.7. The molecule has 4 heterocycles. The third-order valence-electron chi connectivity index (χ3n) is 7.30. The minimum absolute atomic E-state index is 0.148. The average Bonchev–Trinajstić information content (AvgIpc) is 3.42. The first-order valence-electron chi connectivity index (χ1n) is 13.3. The summed E-state index contributed by atoms with van der Waals surface area (Å²) in [5, 5.41) is 0. The Morgan fingerprint density at radius 2 is 1.67 bits per heavy atom. The maximum absolute atomic E-state index is 13.7. The molecule has 39 heavy (non-hydrogen) atoms. The molecule has 0 amide bonds. The number of nitrogens with zero attached hydrogens (tertiary/aromatic N) is 5. The van der Waals surface area contributed by atoms with Crippen molar-refractivity contribution in [2.75, 3.05) is 38.3 Å². The molecule has 1 aromatic carbocycles. The van der Waals surface area contributed by atoms with E-state index in [1.807, 2.05) is 18.2 Å². The largest absolute Gasteiger partial charge is 0.497 e. The van der Waals surface area contributed by atoms with Crippen LogP contribution in [0.15, 0.2) is 53.8 Å². The zero-order valence-corrected chi connectivity index (χ0v) is 23.4. The molecule has 5 rings (SSSR count). The third-order valence-corrected chi connectivity index (χ3v) is 9.56. The van der Waals surface area contributed by atoms with Gasteiger partial charge in [-0.25, -0.2) is 13.4 Å². The Balaban J connectivity index is 1.21. The minimum Gasteiger partial charge on any atom is -0.497 e. The quantitative estimate of drug-likeness (QED) is 0.391. The molecule has 0 unspecified atom stereocenters. The zero-order chi connectivity index (χ0) is 27.4. The molecule has 208 valence electrons. The second-order valence-corrected chi connectivity index (χ2v) is 11.8. The van der Waals surface area contributed by atoms with Crippen molar-refractivity contribution in [2.45, 2.75) is 56.6 Å². The molecule has 0 N–H and O–H groups in total. The summed E-state index contributed by atoms with van der Waals surface area (Å²) in [5.41, 5.74) is 1.34. The number of rotatable bonds is 9. The molecule has 1 atom stereocenters. The van der Waals surface area contributed by atoms with Crippen LogP contribution in [0.25, 0.3) is 0 Å². The van der Waals surface area contributed by atoms with Gasteiger partial charge < -0.3 is 19.1 Å². The van der Waals surface area contributed by atoms with Crippen LogP contribution >= 0.6 is 0 Å². The number of anilines is 1. The number of hydrogen-bond acceptors (Lipinski definition) is 9. The van der Waals surface area contributed by atoms with Gasteiger partial charge in [-0.1, -0.05) is 0 Å². The molecule has 10 nitrogen and oxygen atoms in total. The molecular formula is C28H35N5O5S. The molecule has 0 radical (unpaired) electrons. The van der Waals surface area contributed by atoms with Crippen molar-refractivity contribution in [2.24, 2.45) is 0 Å². The van der Waals surface area contributed by atoms with E-state index in [4.69, 9.17) is 14.2 Å². The van der Waals surface area contributed by atoms with E-state index in [9.17, 15) is 8.42 Å². The van der Waals surface area contributed by atoms with E-state index < -0.39 is 10.0 Å². The van der Waals surface area contributed by atoms with E-state index in [2.05, 4.69) is 19.9 Å². The van der Waals surface area contributed by atoms with Crippen LogP contribution in [0.1, 0.15) is 36.8 Å². The van der Waals surface area contributed by atoms with Crippen molar-refractivity contribution >= 4 is 15.8 Å². The predicted octanol–water partition coefficient (Wildman–Crippen LogP) is 3.78. The molecule has 2 saturated heterocycles. The van der Waals surface area contributed by atoms with Crippen LogP contribution in [0, 0.1) is 13.8 Å². The van der Waals surface area contributed by atoms with Gasteiger partial charge in [0.2, 0.25) is 10.0 Å². The fourth-order valence-corrected chi connectivity index (χ4v) is 7.50. The monoisotopic (exact) mass is 553 g/mol. The highest BCUT2D eigenvalue weighted by molar-refractivity contribution is 7.89. The molecule has 0 saturated carbocycles. The fraction of sp³-hybridized carbons (Fsp3) is 0.464. The smallest absolute Gasteiger partial charge is 0.318 e. The SMILES string of the molecule is COc1cc(C)c(S(=O)(=O)N2CCC[C@H]2COc2nccc(N3CCC(Oc4ccncc4)CC3)n2)c(C)c1.